The van der Waals surface area contributed by atoms with E-state index in [0.717, 1.165) is 5.75 Å². The van der Waals surface area contributed by atoms with Crippen molar-refractivity contribution in [1.82, 2.24) is 0 Å². The first-order valence-corrected chi connectivity index (χ1v) is 4.37. The fourth-order valence-corrected chi connectivity index (χ4v) is 1.56. The zero-order valence-corrected chi connectivity index (χ0v) is 8.01. The fourth-order valence-electron chi connectivity index (χ4n) is 1.28. The second kappa shape index (κ2) is 3.30. The van der Waals surface area contributed by atoms with Gasteiger partial charge >= 0.3 is 83.1 Å². The first kappa shape index (κ1) is 7.84. The van der Waals surface area contributed by atoms with Crippen LogP contribution >= 0.6 is 0 Å². The molecule has 0 aliphatic rings. The van der Waals surface area contributed by atoms with Crippen LogP contribution in [0, 0.1) is 0 Å². The average molecular weight is 191 g/mol. The van der Waals surface area contributed by atoms with Crippen molar-refractivity contribution in [2.45, 2.75) is 0 Å². The van der Waals surface area contributed by atoms with Crippen molar-refractivity contribution in [2.24, 2.45) is 0 Å². The Labute approximate surface area is 83.2 Å². The van der Waals surface area contributed by atoms with Crippen molar-refractivity contribution in [2.75, 3.05) is 0 Å². The standard InChI is InChI=1S/C10H8O.Ti/c11-10-7-3-5-8-4-1-2-6-9(8)10;/h1-7,11H;/q;+1/p-1. The Morgan fingerprint density at radius 3 is 2.50 bits per heavy atom. The van der Waals surface area contributed by atoms with Gasteiger partial charge in [0.25, 0.3) is 0 Å². The minimum absolute atomic E-state index is 0.938. The second-order valence-electron chi connectivity index (χ2n) is 2.58. The van der Waals surface area contributed by atoms with Crippen LogP contribution in [0.1, 0.15) is 0 Å². The predicted molar refractivity (Wildman–Crippen MR) is 44.6 cm³/mol. The number of hydrogen-bond donors (Lipinski definition) is 0. The van der Waals surface area contributed by atoms with Crippen LogP contribution in [-0.4, -0.2) is 0 Å². The van der Waals surface area contributed by atoms with Crippen molar-refractivity contribution in [3.8, 4) is 5.75 Å². The Bertz CT molecular complexity index is 392. The molecule has 0 amide bonds. The summed E-state index contributed by atoms with van der Waals surface area (Å²) in [5.41, 5.74) is 0. The summed E-state index contributed by atoms with van der Waals surface area (Å²) in [6.07, 6.45) is 0. The molecule has 0 saturated heterocycles. The summed E-state index contributed by atoms with van der Waals surface area (Å²) < 4.78 is 5.23. The Hall–Kier alpha value is -0.786. The summed E-state index contributed by atoms with van der Waals surface area (Å²) in [5.74, 6) is 0.938. The molecule has 2 rings (SSSR count). The molecule has 0 aliphatic heterocycles. The summed E-state index contributed by atoms with van der Waals surface area (Å²) >= 11 is 1.70. The van der Waals surface area contributed by atoms with Gasteiger partial charge in [0.05, 0.1) is 0 Å². The Morgan fingerprint density at radius 1 is 0.917 bits per heavy atom. The van der Waals surface area contributed by atoms with Gasteiger partial charge in [0.1, 0.15) is 0 Å². The van der Waals surface area contributed by atoms with Crippen LogP contribution in [-0.2, 0) is 20.8 Å². The second-order valence-corrected chi connectivity index (χ2v) is 2.90. The molecule has 0 unspecified atom stereocenters. The number of rotatable bonds is 1. The molecule has 0 heterocycles. The van der Waals surface area contributed by atoms with Crippen molar-refractivity contribution < 1.29 is 24.1 Å². The van der Waals surface area contributed by atoms with E-state index in [2.05, 4.69) is 18.2 Å². The van der Waals surface area contributed by atoms with Crippen LogP contribution in [0.2, 0.25) is 0 Å². The molecule has 2 aromatic rings. The molecule has 2 heteroatoms. The van der Waals surface area contributed by atoms with E-state index in [1.165, 1.54) is 10.8 Å². The molecule has 0 spiro atoms. The monoisotopic (exact) mass is 191 g/mol. The molecule has 1 nitrogen and oxygen atoms in total. The van der Waals surface area contributed by atoms with Crippen molar-refractivity contribution in [1.29, 1.82) is 0 Å². The quantitative estimate of drug-likeness (QED) is 0.629. The molecular weight excluding hydrogens is 184 g/mol. The molecule has 57 valence electrons. The third kappa shape index (κ3) is 1.26. The molecule has 0 aliphatic carbocycles. The van der Waals surface area contributed by atoms with E-state index in [4.69, 9.17) is 3.32 Å². The van der Waals surface area contributed by atoms with Gasteiger partial charge in [0.15, 0.2) is 0 Å². The van der Waals surface area contributed by atoms with Gasteiger partial charge in [-0.25, -0.2) is 0 Å². The fraction of sp³-hybridized carbons (Fsp3) is 0. The molecule has 0 saturated carbocycles. The van der Waals surface area contributed by atoms with E-state index in [1.54, 1.807) is 20.8 Å². The van der Waals surface area contributed by atoms with Crippen molar-refractivity contribution in [3.05, 3.63) is 42.5 Å². The van der Waals surface area contributed by atoms with Gasteiger partial charge < -0.3 is 0 Å². The first-order valence-electron chi connectivity index (χ1n) is 3.73. The van der Waals surface area contributed by atoms with Gasteiger partial charge in [-0.05, 0) is 0 Å². The van der Waals surface area contributed by atoms with E-state index < -0.39 is 0 Å². The summed E-state index contributed by atoms with van der Waals surface area (Å²) in [6, 6.07) is 14.2. The van der Waals surface area contributed by atoms with Crippen LogP contribution in [0.5, 0.6) is 5.75 Å². The van der Waals surface area contributed by atoms with Crippen LogP contribution in [0.3, 0.4) is 0 Å². The van der Waals surface area contributed by atoms with Gasteiger partial charge in [-0.2, -0.15) is 0 Å². The molecule has 2 aromatic carbocycles. The number of benzene rings is 2. The van der Waals surface area contributed by atoms with Crippen LogP contribution < -0.4 is 3.32 Å². The molecule has 0 N–H and O–H groups in total. The Kier molecular flexibility index (Phi) is 2.16. The maximum absolute atomic E-state index is 5.23. The number of hydrogen-bond acceptors (Lipinski definition) is 1. The number of fused-ring (bicyclic) bond motifs is 1. The third-order valence-corrected chi connectivity index (χ3v) is 2.20. The van der Waals surface area contributed by atoms with E-state index in [-0.39, 0.29) is 0 Å². The normalized spacial score (nSPS) is 9.92. The topological polar surface area (TPSA) is 9.23 Å². The molecule has 0 radical (unpaired) electrons. The Morgan fingerprint density at radius 2 is 1.67 bits per heavy atom. The minimum atomic E-state index is 0.938. The summed E-state index contributed by atoms with van der Waals surface area (Å²) in [7, 11) is 0. The zero-order chi connectivity index (χ0) is 8.39. The van der Waals surface area contributed by atoms with Gasteiger partial charge in [-0.1, -0.05) is 0 Å². The molecule has 0 aromatic heterocycles. The van der Waals surface area contributed by atoms with Gasteiger partial charge in [0, 0.05) is 0 Å². The van der Waals surface area contributed by atoms with Gasteiger partial charge in [0.2, 0.25) is 0 Å². The average Bonchev–Trinajstić information content (AvgIpc) is 2.17. The van der Waals surface area contributed by atoms with E-state index in [1.807, 2.05) is 24.3 Å². The van der Waals surface area contributed by atoms with Crippen LogP contribution in [0.25, 0.3) is 10.8 Å². The molecule has 12 heavy (non-hydrogen) atoms. The van der Waals surface area contributed by atoms with E-state index in [9.17, 15) is 0 Å². The third-order valence-electron chi connectivity index (χ3n) is 1.86. The Balaban J connectivity index is 2.79. The van der Waals surface area contributed by atoms with Crippen LogP contribution in [0.4, 0.5) is 0 Å². The predicted octanol–water partition coefficient (Wildman–Crippen LogP) is 2.68. The summed E-state index contributed by atoms with van der Waals surface area (Å²) in [4.78, 5) is 0. The molecule has 0 fully saturated rings. The maximum atomic E-state index is 5.23. The van der Waals surface area contributed by atoms with Gasteiger partial charge in [-0.15, -0.1) is 0 Å². The van der Waals surface area contributed by atoms with E-state index in [0.29, 0.717) is 0 Å². The van der Waals surface area contributed by atoms with Crippen molar-refractivity contribution in [3.63, 3.8) is 0 Å². The summed E-state index contributed by atoms with van der Waals surface area (Å²) in [5, 5.41) is 2.39. The SMILES string of the molecule is [Ti][O]c1cccc2ccccc12. The summed E-state index contributed by atoms with van der Waals surface area (Å²) in [6.45, 7) is 0. The molecule has 0 bridgehead atoms. The van der Waals surface area contributed by atoms with Crippen LogP contribution in [0.15, 0.2) is 42.5 Å². The first-order chi connectivity index (χ1) is 5.92. The molecular formula is C10H7OTi. The molecule has 0 atom stereocenters. The zero-order valence-electron chi connectivity index (χ0n) is 6.45. The van der Waals surface area contributed by atoms with Crippen molar-refractivity contribution >= 4 is 10.8 Å². The van der Waals surface area contributed by atoms with Gasteiger partial charge in [-0.3, -0.25) is 0 Å². The van der Waals surface area contributed by atoms with E-state index >= 15 is 0 Å².